The monoisotopic (exact) mass is 743 g/mol. The molecule has 4 rings (SSSR count). The van der Waals surface area contributed by atoms with E-state index in [-0.39, 0.29) is 16.6 Å². The minimum absolute atomic E-state index is 0.0564. The number of carboxylic acid groups (broad SMARTS) is 1. The van der Waals surface area contributed by atoms with Crippen molar-refractivity contribution >= 4 is 41.0 Å². The number of carbonyl (C=O) groups is 3. The molecule has 0 heterocycles. The molecular weight excluding hydrogens is 719 g/mol. The highest BCUT2D eigenvalue weighted by molar-refractivity contribution is 6.30. The Hall–Kier alpha value is -4.95. The molecule has 8 nitrogen and oxygen atoms in total. The van der Waals surface area contributed by atoms with Crippen molar-refractivity contribution in [1.29, 1.82) is 0 Å². The molecule has 0 fully saturated rings. The fourth-order valence-electron chi connectivity index (χ4n) is 4.96. The van der Waals surface area contributed by atoms with Crippen LogP contribution in [0, 0.1) is 0 Å². The predicted octanol–water partition coefficient (Wildman–Crippen LogP) is 8.04. The van der Waals surface area contributed by atoms with Crippen molar-refractivity contribution in [2.45, 2.75) is 30.5 Å². The molecule has 2 atom stereocenters. The van der Waals surface area contributed by atoms with Gasteiger partial charge in [-0.3, -0.25) is 4.79 Å². The maximum absolute atomic E-state index is 14.6. The van der Waals surface area contributed by atoms with Gasteiger partial charge in [-0.15, -0.1) is 0 Å². The lowest BCUT2D eigenvalue weighted by Crippen LogP contribution is -2.65. The first-order chi connectivity index (χ1) is 23.4. The average molecular weight is 744 g/mol. The smallest absolute Gasteiger partial charge is 0.416 e. The molecule has 0 saturated carbocycles. The molecule has 4 aromatic carbocycles. The number of alkyl halides is 6. The van der Waals surface area contributed by atoms with E-state index >= 15 is 0 Å². The second kappa shape index (κ2) is 14.9. The lowest BCUT2D eigenvalue weighted by molar-refractivity contribution is -0.205. The van der Waals surface area contributed by atoms with Crippen molar-refractivity contribution in [2.75, 3.05) is 13.2 Å². The molecule has 0 radical (unpaired) electrons. The summed E-state index contributed by atoms with van der Waals surface area (Å²) >= 11 is 12.2. The summed E-state index contributed by atoms with van der Waals surface area (Å²) in [4.78, 5) is 40.0. The van der Waals surface area contributed by atoms with Crippen LogP contribution in [0.15, 0.2) is 97.1 Å². The van der Waals surface area contributed by atoms with Crippen LogP contribution in [0.5, 0.6) is 11.5 Å². The first-order valence-corrected chi connectivity index (χ1v) is 15.1. The summed E-state index contributed by atoms with van der Waals surface area (Å²) in [5.74, 6) is -5.64. The van der Waals surface area contributed by atoms with E-state index < -0.39 is 81.8 Å². The van der Waals surface area contributed by atoms with Crippen molar-refractivity contribution in [1.82, 2.24) is 5.32 Å². The first kappa shape index (κ1) is 37.9. The molecule has 0 spiro atoms. The zero-order chi connectivity index (χ0) is 36.9. The molecule has 0 aliphatic heterocycles. The molecule has 1 amide bonds. The van der Waals surface area contributed by atoms with Gasteiger partial charge in [-0.25, -0.2) is 9.59 Å². The normalized spacial score (nSPS) is 14.1. The summed E-state index contributed by atoms with van der Waals surface area (Å²) < 4.78 is 101. The van der Waals surface area contributed by atoms with Crippen molar-refractivity contribution in [3.8, 4) is 11.5 Å². The summed E-state index contributed by atoms with van der Waals surface area (Å²) in [5.41, 5.74) is -9.95. The van der Waals surface area contributed by atoms with Gasteiger partial charge in [-0.1, -0.05) is 59.6 Å². The third kappa shape index (κ3) is 8.08. The van der Waals surface area contributed by atoms with E-state index in [1.807, 2.05) is 0 Å². The average Bonchev–Trinajstić information content (AvgIpc) is 3.04. The van der Waals surface area contributed by atoms with Crippen molar-refractivity contribution in [3.63, 3.8) is 0 Å². The number of esters is 1. The van der Waals surface area contributed by atoms with E-state index in [0.717, 1.165) is 55.5 Å². The summed E-state index contributed by atoms with van der Waals surface area (Å²) in [5, 5.41) is 13.7. The Morgan fingerprint density at radius 1 is 0.660 bits per heavy atom. The molecule has 0 aromatic heterocycles. The van der Waals surface area contributed by atoms with Gasteiger partial charge in [0.05, 0.1) is 17.7 Å². The molecular formula is C34H25Cl2F6NO7. The van der Waals surface area contributed by atoms with Gasteiger partial charge in [-0.2, -0.15) is 26.3 Å². The molecule has 4 aromatic rings. The summed E-state index contributed by atoms with van der Waals surface area (Å²) in [6, 6.07) is 15.2. The second-order valence-corrected chi connectivity index (χ2v) is 11.4. The number of rotatable bonds is 12. The molecule has 0 saturated heterocycles. The van der Waals surface area contributed by atoms with Crippen LogP contribution >= 0.6 is 23.2 Å². The van der Waals surface area contributed by atoms with Crippen LogP contribution in [-0.2, 0) is 42.7 Å². The van der Waals surface area contributed by atoms with Gasteiger partial charge >= 0.3 is 24.3 Å². The van der Waals surface area contributed by atoms with Gasteiger partial charge in [0, 0.05) is 28.1 Å². The van der Waals surface area contributed by atoms with Gasteiger partial charge in [0.15, 0.2) is 0 Å². The fraction of sp³-hybridized carbons (Fsp3) is 0.206. The number of halogens is 8. The largest absolute Gasteiger partial charge is 0.478 e. The van der Waals surface area contributed by atoms with Gasteiger partial charge in [0.2, 0.25) is 5.91 Å². The van der Waals surface area contributed by atoms with Crippen LogP contribution in [0.2, 0.25) is 10.0 Å². The second-order valence-electron chi connectivity index (χ2n) is 10.6. The Morgan fingerprint density at radius 2 is 1.08 bits per heavy atom. The molecule has 264 valence electrons. The molecule has 2 unspecified atom stereocenters. The maximum atomic E-state index is 14.6. The van der Waals surface area contributed by atoms with Gasteiger partial charge in [0.1, 0.15) is 18.1 Å². The molecule has 2 N–H and O–H groups in total. The first-order valence-electron chi connectivity index (χ1n) is 14.3. The standard InChI is InChI=1S/C34H25Cl2F6NO7/c1-20(44)43-16-17-48-30(47)32(22-10-14-26(36)15-11-22,50-28-7-3-5-24(19-28)34(40,41)42)31(29(45)46,21-8-12-25(35)13-9-21)49-27-6-2-4-23(18-27)33(37,38)39/h2-15,18-19H,16-17H2,1H3,(H,43,44)(H,45,46). The molecule has 0 aliphatic carbocycles. The number of hydrogen-bond donors (Lipinski definition) is 2. The maximum Gasteiger partial charge on any atom is 0.416 e. The van der Waals surface area contributed by atoms with Crippen molar-refractivity contribution in [2.24, 2.45) is 0 Å². The number of benzene rings is 4. The van der Waals surface area contributed by atoms with Crippen LogP contribution in [0.4, 0.5) is 26.3 Å². The number of ether oxygens (including phenoxy) is 3. The van der Waals surface area contributed by atoms with Crippen molar-refractivity contribution < 1.29 is 60.0 Å². The number of aliphatic carboxylic acids is 1. The zero-order valence-corrected chi connectivity index (χ0v) is 27.1. The van der Waals surface area contributed by atoms with Crippen LogP contribution in [-0.4, -0.2) is 36.1 Å². The third-order valence-electron chi connectivity index (χ3n) is 7.16. The number of hydrogen-bond acceptors (Lipinski definition) is 6. The quantitative estimate of drug-likeness (QED) is 0.0859. The Balaban J connectivity index is 2.15. The minimum atomic E-state index is -4.93. The number of carboxylic acids is 1. The lowest BCUT2D eigenvalue weighted by atomic mass is 9.72. The van der Waals surface area contributed by atoms with E-state index in [1.54, 1.807) is 0 Å². The van der Waals surface area contributed by atoms with E-state index in [1.165, 1.54) is 24.3 Å². The fourth-order valence-corrected chi connectivity index (χ4v) is 5.21. The number of nitrogens with one attached hydrogen (secondary N) is 1. The molecule has 16 heteroatoms. The SMILES string of the molecule is CC(=O)NCCOC(=O)C(Oc1cccc(C(F)(F)F)c1)(c1ccc(Cl)cc1)C(Oc1cccc(C(F)(F)F)c1)(C(=O)O)c1ccc(Cl)cc1. The Bertz CT molecular complexity index is 1850. The van der Waals surface area contributed by atoms with Crippen LogP contribution in [0.3, 0.4) is 0 Å². The van der Waals surface area contributed by atoms with E-state index in [2.05, 4.69) is 5.32 Å². The van der Waals surface area contributed by atoms with Crippen LogP contribution in [0.25, 0.3) is 0 Å². The zero-order valence-electron chi connectivity index (χ0n) is 25.6. The summed E-state index contributed by atoms with van der Waals surface area (Å²) in [6.45, 7) is 0.228. The van der Waals surface area contributed by atoms with E-state index in [4.69, 9.17) is 37.4 Å². The van der Waals surface area contributed by atoms with E-state index in [0.29, 0.717) is 24.3 Å². The minimum Gasteiger partial charge on any atom is -0.478 e. The van der Waals surface area contributed by atoms with Crippen LogP contribution < -0.4 is 14.8 Å². The van der Waals surface area contributed by atoms with Gasteiger partial charge < -0.3 is 24.6 Å². The molecule has 0 bridgehead atoms. The van der Waals surface area contributed by atoms with Crippen molar-refractivity contribution in [3.05, 3.63) is 129 Å². The third-order valence-corrected chi connectivity index (χ3v) is 7.66. The summed E-state index contributed by atoms with van der Waals surface area (Å²) in [7, 11) is 0. The van der Waals surface area contributed by atoms with E-state index in [9.17, 15) is 45.8 Å². The lowest BCUT2D eigenvalue weighted by Gasteiger charge is -2.45. The Labute approximate surface area is 290 Å². The molecule has 0 aliphatic rings. The Kier molecular flexibility index (Phi) is 11.3. The highest BCUT2D eigenvalue weighted by Gasteiger charge is 2.70. The van der Waals surface area contributed by atoms with Gasteiger partial charge in [-0.05, 0) is 60.7 Å². The van der Waals surface area contributed by atoms with Crippen LogP contribution in [0.1, 0.15) is 29.2 Å². The topological polar surface area (TPSA) is 111 Å². The highest BCUT2D eigenvalue weighted by Crippen LogP contribution is 2.50. The summed E-state index contributed by atoms with van der Waals surface area (Å²) in [6.07, 6.45) is -9.87. The predicted molar refractivity (Wildman–Crippen MR) is 168 cm³/mol. The molecule has 50 heavy (non-hydrogen) atoms. The van der Waals surface area contributed by atoms with Gasteiger partial charge in [0.25, 0.3) is 11.2 Å². The number of amides is 1. The number of carbonyl (C=O) groups excluding carboxylic acids is 2. The Morgan fingerprint density at radius 3 is 1.48 bits per heavy atom. The highest BCUT2D eigenvalue weighted by atomic mass is 35.5.